The fraction of sp³-hybridized carbons (Fsp3) is 0.316. The van der Waals surface area contributed by atoms with Gasteiger partial charge in [-0.3, -0.25) is 9.59 Å². The third kappa shape index (κ3) is 8.55. The number of hydrogen-bond donors (Lipinski definition) is 2. The first-order valence-corrected chi connectivity index (χ1v) is 16.5. The van der Waals surface area contributed by atoms with Gasteiger partial charge in [-0.05, 0) is 67.0 Å². The number of nitrogens with one attached hydrogen (secondary N) is 2. The summed E-state index contributed by atoms with van der Waals surface area (Å²) in [6.45, 7) is 4.15. The van der Waals surface area contributed by atoms with E-state index in [4.69, 9.17) is 23.2 Å². The molecule has 1 saturated heterocycles. The Morgan fingerprint density at radius 1 is 0.822 bits per heavy atom. The molecule has 1 fully saturated rings. The lowest BCUT2D eigenvalue weighted by Crippen LogP contribution is -2.52. The average Bonchev–Trinajstić information content (AvgIpc) is 3.06. The Morgan fingerprint density at radius 2 is 1.44 bits per heavy atom. The maximum atomic E-state index is 14.1. The maximum Gasteiger partial charge on any atom is 0.228 e. The number of nitrogens with zero attached hydrogens (tertiary/aromatic N) is 1. The summed E-state index contributed by atoms with van der Waals surface area (Å²) in [6.07, 6.45) is 3.79. The van der Waals surface area contributed by atoms with Crippen LogP contribution in [0.25, 0.3) is 0 Å². The summed E-state index contributed by atoms with van der Waals surface area (Å²) in [5, 5.41) is 7.50. The van der Waals surface area contributed by atoms with Crippen LogP contribution in [0.1, 0.15) is 66.8 Å². The Hall–Kier alpha value is -3.64. The van der Waals surface area contributed by atoms with Gasteiger partial charge in [0.15, 0.2) is 0 Å². The quantitative estimate of drug-likeness (QED) is 0.164. The van der Waals surface area contributed by atoms with Crippen LogP contribution in [-0.2, 0) is 21.5 Å². The Labute approximate surface area is 276 Å². The molecule has 1 heterocycles. The molecule has 0 aliphatic carbocycles. The van der Waals surface area contributed by atoms with Crippen molar-refractivity contribution in [3.63, 3.8) is 0 Å². The predicted octanol–water partition coefficient (Wildman–Crippen LogP) is 8.08. The second-order valence-electron chi connectivity index (χ2n) is 12.0. The number of piperidine rings is 1. The van der Waals surface area contributed by atoms with E-state index in [0.717, 1.165) is 61.2 Å². The van der Waals surface area contributed by atoms with Crippen molar-refractivity contribution in [3.8, 4) is 0 Å². The van der Waals surface area contributed by atoms with Gasteiger partial charge in [0.2, 0.25) is 11.8 Å². The van der Waals surface area contributed by atoms with Crippen LogP contribution >= 0.6 is 23.2 Å². The van der Waals surface area contributed by atoms with Crippen molar-refractivity contribution in [3.05, 3.63) is 141 Å². The van der Waals surface area contributed by atoms with Crippen molar-refractivity contribution in [1.82, 2.24) is 15.5 Å². The van der Waals surface area contributed by atoms with Crippen LogP contribution in [0.3, 0.4) is 0 Å². The third-order valence-corrected chi connectivity index (χ3v) is 9.73. The number of likely N-dealkylation sites (tertiary alicyclic amines) is 1. The van der Waals surface area contributed by atoms with E-state index >= 15 is 0 Å². The molecule has 2 atom stereocenters. The molecule has 0 saturated carbocycles. The summed E-state index contributed by atoms with van der Waals surface area (Å²) in [4.78, 5) is 28.7. The zero-order chi connectivity index (χ0) is 31.6. The summed E-state index contributed by atoms with van der Waals surface area (Å²) in [6, 6.07) is 35.9. The first-order valence-electron chi connectivity index (χ1n) is 15.7. The SMILES string of the molecule is CC(=O)NC1(c2ccccc2)CCN(CCCC(C(=O)NC(Cc2ccccc2)c2ccccc2)c2cccc(Cl)c2Cl)CC1. The van der Waals surface area contributed by atoms with E-state index in [0.29, 0.717) is 22.9 Å². The standard InChI is InChI=1S/C38H41Cl2N3O2/c1-28(44)42-38(31-17-9-4-10-18-31)22-25-43(26-23-38)24-12-20-33(32-19-11-21-34(39)36(32)40)37(45)41-35(30-15-7-3-8-16-30)27-29-13-5-2-6-14-29/h2-11,13-19,21,33,35H,12,20,22-27H2,1H3,(H,41,45)(H,42,44). The Kier molecular flexibility index (Phi) is 11.3. The summed E-state index contributed by atoms with van der Waals surface area (Å²) in [5.41, 5.74) is 3.75. The van der Waals surface area contributed by atoms with Crippen molar-refractivity contribution in [1.29, 1.82) is 0 Å². The fourth-order valence-corrected chi connectivity index (χ4v) is 6.97. The van der Waals surface area contributed by atoms with Crippen LogP contribution in [0.2, 0.25) is 10.0 Å². The lowest BCUT2D eigenvalue weighted by Gasteiger charge is -2.42. The van der Waals surface area contributed by atoms with Gasteiger partial charge in [0.05, 0.1) is 27.5 Å². The summed E-state index contributed by atoms with van der Waals surface area (Å²) >= 11 is 13.2. The summed E-state index contributed by atoms with van der Waals surface area (Å²) in [5.74, 6) is -0.525. The molecule has 45 heavy (non-hydrogen) atoms. The minimum absolute atomic E-state index is 0.0133. The molecular weight excluding hydrogens is 601 g/mol. The van der Waals surface area contributed by atoms with Gasteiger partial charge in [0.1, 0.15) is 0 Å². The Morgan fingerprint density at radius 3 is 2.09 bits per heavy atom. The normalized spacial score (nSPS) is 16.0. The molecule has 0 aromatic heterocycles. The molecular formula is C38H41Cl2N3O2. The van der Waals surface area contributed by atoms with Gasteiger partial charge in [-0.1, -0.05) is 126 Å². The van der Waals surface area contributed by atoms with Crippen LogP contribution in [0, 0.1) is 0 Å². The smallest absolute Gasteiger partial charge is 0.228 e. The second kappa shape index (κ2) is 15.6. The summed E-state index contributed by atoms with van der Waals surface area (Å²) < 4.78 is 0. The first kappa shape index (κ1) is 32.7. The molecule has 2 N–H and O–H groups in total. The summed E-state index contributed by atoms with van der Waals surface area (Å²) in [7, 11) is 0. The molecule has 4 aromatic carbocycles. The minimum atomic E-state index is -0.453. The van der Waals surface area contributed by atoms with Gasteiger partial charge in [0, 0.05) is 20.0 Å². The van der Waals surface area contributed by atoms with E-state index in [2.05, 4.69) is 51.9 Å². The van der Waals surface area contributed by atoms with Crippen LogP contribution in [0.5, 0.6) is 0 Å². The molecule has 5 rings (SSSR count). The largest absolute Gasteiger partial charge is 0.348 e. The monoisotopic (exact) mass is 641 g/mol. The van der Waals surface area contributed by atoms with E-state index < -0.39 is 5.92 Å². The fourth-order valence-electron chi connectivity index (χ4n) is 6.53. The number of hydrogen-bond acceptors (Lipinski definition) is 3. The van der Waals surface area contributed by atoms with E-state index in [1.807, 2.05) is 66.7 Å². The van der Waals surface area contributed by atoms with Crippen molar-refractivity contribution in [2.45, 2.75) is 56.5 Å². The zero-order valence-corrected chi connectivity index (χ0v) is 27.2. The van der Waals surface area contributed by atoms with Gasteiger partial charge in [-0.25, -0.2) is 0 Å². The molecule has 1 aliphatic rings. The average molecular weight is 643 g/mol. The molecule has 1 aliphatic heterocycles. The highest BCUT2D eigenvalue weighted by Gasteiger charge is 2.37. The van der Waals surface area contributed by atoms with Gasteiger partial charge in [0.25, 0.3) is 0 Å². The maximum absolute atomic E-state index is 14.1. The molecule has 0 spiro atoms. The Balaban J connectivity index is 1.29. The van der Waals surface area contributed by atoms with E-state index in [1.165, 1.54) is 0 Å². The topological polar surface area (TPSA) is 61.4 Å². The number of benzene rings is 4. The highest BCUT2D eigenvalue weighted by molar-refractivity contribution is 6.42. The van der Waals surface area contributed by atoms with E-state index in [1.54, 1.807) is 13.0 Å². The lowest BCUT2D eigenvalue weighted by atomic mass is 9.80. The van der Waals surface area contributed by atoms with Crippen LogP contribution in [0.4, 0.5) is 0 Å². The molecule has 4 aromatic rings. The van der Waals surface area contributed by atoms with Gasteiger partial charge < -0.3 is 15.5 Å². The third-order valence-electron chi connectivity index (χ3n) is 8.89. The molecule has 2 unspecified atom stereocenters. The zero-order valence-electron chi connectivity index (χ0n) is 25.7. The van der Waals surface area contributed by atoms with Crippen molar-refractivity contribution in [2.75, 3.05) is 19.6 Å². The molecule has 7 heteroatoms. The molecule has 5 nitrogen and oxygen atoms in total. The lowest BCUT2D eigenvalue weighted by molar-refractivity contribution is -0.123. The molecule has 0 bridgehead atoms. The van der Waals surface area contributed by atoms with E-state index in [-0.39, 0.29) is 23.4 Å². The highest BCUT2D eigenvalue weighted by Crippen LogP contribution is 2.36. The van der Waals surface area contributed by atoms with Gasteiger partial charge in [-0.2, -0.15) is 0 Å². The number of amides is 2. The van der Waals surface area contributed by atoms with Gasteiger partial charge >= 0.3 is 0 Å². The van der Waals surface area contributed by atoms with Crippen LogP contribution < -0.4 is 10.6 Å². The van der Waals surface area contributed by atoms with Crippen molar-refractivity contribution >= 4 is 35.0 Å². The van der Waals surface area contributed by atoms with Gasteiger partial charge in [-0.15, -0.1) is 0 Å². The number of carbonyl (C=O) groups is 2. The highest BCUT2D eigenvalue weighted by atomic mass is 35.5. The second-order valence-corrected chi connectivity index (χ2v) is 12.8. The number of rotatable bonds is 12. The van der Waals surface area contributed by atoms with Crippen molar-refractivity contribution in [2.24, 2.45) is 0 Å². The molecule has 2 amide bonds. The number of carbonyl (C=O) groups excluding carboxylic acids is 2. The Bertz CT molecular complexity index is 1540. The van der Waals surface area contributed by atoms with Crippen LogP contribution in [-0.4, -0.2) is 36.3 Å². The minimum Gasteiger partial charge on any atom is -0.348 e. The van der Waals surface area contributed by atoms with Crippen LogP contribution in [0.15, 0.2) is 109 Å². The van der Waals surface area contributed by atoms with E-state index in [9.17, 15) is 9.59 Å². The molecule has 234 valence electrons. The molecule has 0 radical (unpaired) electrons. The number of halogens is 2. The van der Waals surface area contributed by atoms with Crippen molar-refractivity contribution < 1.29 is 9.59 Å². The first-order chi connectivity index (χ1) is 21.8. The predicted molar refractivity (Wildman–Crippen MR) is 184 cm³/mol.